The van der Waals surface area contributed by atoms with E-state index < -0.39 is 0 Å². The van der Waals surface area contributed by atoms with Crippen LogP contribution in [-0.2, 0) is 0 Å². The van der Waals surface area contributed by atoms with Crippen molar-refractivity contribution < 1.29 is 0 Å². The summed E-state index contributed by atoms with van der Waals surface area (Å²) in [5.74, 6) is 1.75. The van der Waals surface area contributed by atoms with Crippen molar-refractivity contribution in [2.75, 3.05) is 0 Å². The maximum atomic E-state index is 5.44. The molecule has 3 heterocycles. The summed E-state index contributed by atoms with van der Waals surface area (Å²) >= 11 is 0. The molecule has 0 radical (unpaired) electrons. The second kappa shape index (κ2) is 16.4. The number of nitrogens with zero attached hydrogens (tertiary/aromatic N) is 5. The van der Waals surface area contributed by atoms with Crippen LogP contribution >= 0.6 is 0 Å². The fourth-order valence-corrected chi connectivity index (χ4v) is 9.88. The van der Waals surface area contributed by atoms with Crippen molar-refractivity contribution in [2.24, 2.45) is 0 Å². The molecular formula is C63H41N5. The smallest absolute Gasteiger partial charge is 0.238 e. The van der Waals surface area contributed by atoms with E-state index in [0.717, 1.165) is 77.3 Å². The van der Waals surface area contributed by atoms with Gasteiger partial charge in [-0.1, -0.05) is 188 Å². The zero-order valence-electron chi connectivity index (χ0n) is 36.9. The van der Waals surface area contributed by atoms with Crippen LogP contribution in [0, 0.1) is 0 Å². The van der Waals surface area contributed by atoms with E-state index in [0.29, 0.717) is 17.6 Å². The Kier molecular flexibility index (Phi) is 9.43. The summed E-state index contributed by atoms with van der Waals surface area (Å²) in [6, 6.07) is 88.3. The number of aromatic nitrogens is 5. The Labute approximate surface area is 393 Å². The zero-order chi connectivity index (χ0) is 45.0. The van der Waals surface area contributed by atoms with Gasteiger partial charge in [-0.2, -0.15) is 9.97 Å². The van der Waals surface area contributed by atoms with Crippen LogP contribution in [0.5, 0.6) is 0 Å². The molecule has 0 spiro atoms. The van der Waals surface area contributed by atoms with Crippen LogP contribution in [0.15, 0.2) is 249 Å². The average Bonchev–Trinajstić information content (AvgIpc) is 3.92. The Hall–Kier alpha value is -9.19. The first kappa shape index (κ1) is 39.2. The molecule has 10 aromatic carbocycles. The van der Waals surface area contributed by atoms with Crippen LogP contribution in [0.1, 0.15) is 0 Å². The maximum absolute atomic E-state index is 5.44. The lowest BCUT2D eigenvalue weighted by Gasteiger charge is -2.12. The van der Waals surface area contributed by atoms with E-state index in [1.807, 2.05) is 18.2 Å². The van der Waals surface area contributed by atoms with Crippen LogP contribution in [0.25, 0.3) is 123 Å². The first-order chi connectivity index (χ1) is 33.7. The largest absolute Gasteiger partial charge is 0.309 e. The monoisotopic (exact) mass is 867 g/mol. The molecule has 0 unspecified atom stereocenters. The zero-order valence-corrected chi connectivity index (χ0v) is 36.9. The lowest BCUT2D eigenvalue weighted by atomic mass is 9.98. The van der Waals surface area contributed by atoms with Gasteiger partial charge in [0.2, 0.25) is 5.95 Å². The van der Waals surface area contributed by atoms with Crippen LogP contribution in [0.4, 0.5) is 0 Å². The van der Waals surface area contributed by atoms with Crippen LogP contribution < -0.4 is 0 Å². The fourth-order valence-electron chi connectivity index (χ4n) is 9.88. The van der Waals surface area contributed by atoms with Crippen molar-refractivity contribution in [3.63, 3.8) is 0 Å². The van der Waals surface area contributed by atoms with Gasteiger partial charge in [-0.15, -0.1) is 0 Å². The van der Waals surface area contributed by atoms with Gasteiger partial charge in [-0.3, -0.25) is 4.57 Å². The molecule has 0 saturated heterocycles. The number of rotatable bonds is 8. The third-order valence-electron chi connectivity index (χ3n) is 13.2. The molecule has 5 nitrogen and oxygen atoms in total. The molecule has 0 aliphatic carbocycles. The molecule has 318 valence electrons. The van der Waals surface area contributed by atoms with E-state index in [1.165, 1.54) is 27.6 Å². The highest BCUT2D eigenvalue weighted by Gasteiger charge is 2.22. The minimum Gasteiger partial charge on any atom is -0.309 e. The predicted octanol–water partition coefficient (Wildman–Crippen LogP) is 16.1. The molecule has 0 aliphatic heterocycles. The molecule has 0 aliphatic rings. The van der Waals surface area contributed by atoms with E-state index in [9.17, 15) is 0 Å². The SMILES string of the molecule is c1ccc(-c2cccc(-c3cccc(-c4nc(-c5ccccc5)nc(-n5c6ccc(-c7ccccc7)cc6c6cc7c(cc65)c5cc(-c6ccccc6)ccc5n7-c5ccccc5)n4)c3)c2)cc1. The highest BCUT2D eigenvalue weighted by molar-refractivity contribution is 6.19. The second-order valence-corrected chi connectivity index (χ2v) is 17.3. The van der Waals surface area contributed by atoms with Crippen molar-refractivity contribution in [2.45, 2.75) is 0 Å². The van der Waals surface area contributed by atoms with Crippen molar-refractivity contribution in [3.05, 3.63) is 249 Å². The van der Waals surface area contributed by atoms with Gasteiger partial charge in [0.1, 0.15) is 0 Å². The number of hydrogen-bond acceptors (Lipinski definition) is 3. The lowest BCUT2D eigenvalue weighted by molar-refractivity contribution is 0.954. The quantitative estimate of drug-likeness (QED) is 0.153. The van der Waals surface area contributed by atoms with Gasteiger partial charge in [0.15, 0.2) is 11.6 Å². The molecule has 5 heteroatoms. The Morgan fingerprint density at radius 3 is 1.09 bits per heavy atom. The van der Waals surface area contributed by atoms with E-state index in [1.54, 1.807) is 0 Å². The van der Waals surface area contributed by atoms with Gasteiger partial charge >= 0.3 is 0 Å². The molecule has 13 aromatic rings. The number of para-hydroxylation sites is 1. The van der Waals surface area contributed by atoms with Crippen molar-refractivity contribution in [3.8, 4) is 78.9 Å². The van der Waals surface area contributed by atoms with Crippen molar-refractivity contribution >= 4 is 43.6 Å². The second-order valence-electron chi connectivity index (χ2n) is 17.3. The number of fused-ring (bicyclic) bond motifs is 6. The molecule has 0 atom stereocenters. The normalized spacial score (nSPS) is 11.5. The summed E-state index contributed by atoms with van der Waals surface area (Å²) in [6.07, 6.45) is 0. The topological polar surface area (TPSA) is 48.5 Å². The number of benzene rings is 10. The van der Waals surface area contributed by atoms with Gasteiger partial charge in [0.05, 0.1) is 22.1 Å². The van der Waals surface area contributed by atoms with E-state index in [4.69, 9.17) is 15.0 Å². The van der Waals surface area contributed by atoms with Gasteiger partial charge in [-0.05, 0) is 105 Å². The number of hydrogen-bond donors (Lipinski definition) is 0. The Morgan fingerprint density at radius 1 is 0.221 bits per heavy atom. The predicted molar refractivity (Wildman–Crippen MR) is 281 cm³/mol. The summed E-state index contributed by atoms with van der Waals surface area (Å²) in [6.45, 7) is 0. The highest BCUT2D eigenvalue weighted by atomic mass is 15.2. The van der Waals surface area contributed by atoms with Gasteiger partial charge < -0.3 is 4.57 Å². The Bertz CT molecular complexity index is 3990. The third-order valence-corrected chi connectivity index (χ3v) is 13.2. The fraction of sp³-hybridized carbons (Fsp3) is 0. The molecule has 0 amide bonds. The molecule has 0 N–H and O–H groups in total. The minimum atomic E-state index is 0.550. The van der Waals surface area contributed by atoms with E-state index in [-0.39, 0.29) is 0 Å². The summed E-state index contributed by atoms with van der Waals surface area (Å²) in [4.78, 5) is 16.0. The molecule has 68 heavy (non-hydrogen) atoms. The standard InChI is InChI=1S/C63H41N5/c1-6-18-42(19-7-1)46-26-16-27-47(36-46)48-28-17-29-51(37-48)62-64-61(45-24-12-4-13-25-45)65-63(66-62)68-58-35-33-50(44-22-10-3-11-23-44)39-54(58)56-40-59-55(41-60(56)68)53-38-49(43-20-8-2-9-21-43)32-34-57(53)67(59)52-30-14-5-15-31-52/h1-41H. The van der Waals surface area contributed by atoms with Crippen LogP contribution in [0.3, 0.4) is 0 Å². The Morgan fingerprint density at radius 2 is 0.574 bits per heavy atom. The molecule has 0 bridgehead atoms. The summed E-state index contributed by atoms with van der Waals surface area (Å²) in [5.41, 5.74) is 16.4. The molecule has 0 saturated carbocycles. The van der Waals surface area contributed by atoms with E-state index >= 15 is 0 Å². The van der Waals surface area contributed by atoms with Crippen LogP contribution in [-0.4, -0.2) is 24.1 Å². The minimum absolute atomic E-state index is 0.550. The van der Waals surface area contributed by atoms with Crippen molar-refractivity contribution in [1.82, 2.24) is 24.1 Å². The first-order valence-corrected chi connectivity index (χ1v) is 23.0. The van der Waals surface area contributed by atoms with Crippen molar-refractivity contribution in [1.29, 1.82) is 0 Å². The summed E-state index contributed by atoms with van der Waals surface area (Å²) in [5, 5.41) is 4.53. The van der Waals surface area contributed by atoms with Crippen LogP contribution in [0.2, 0.25) is 0 Å². The molecule has 13 rings (SSSR count). The summed E-state index contributed by atoms with van der Waals surface area (Å²) in [7, 11) is 0. The van der Waals surface area contributed by atoms with Gasteiger partial charge in [-0.25, -0.2) is 4.98 Å². The third kappa shape index (κ3) is 6.84. The summed E-state index contributed by atoms with van der Waals surface area (Å²) < 4.78 is 4.65. The Balaban J connectivity index is 1.08. The molecule has 3 aromatic heterocycles. The maximum Gasteiger partial charge on any atom is 0.238 e. The molecule has 0 fully saturated rings. The van der Waals surface area contributed by atoms with E-state index in [2.05, 4.69) is 240 Å². The highest BCUT2D eigenvalue weighted by Crippen LogP contribution is 2.42. The molecular weight excluding hydrogens is 827 g/mol. The average molecular weight is 868 g/mol. The van der Waals surface area contributed by atoms with Gasteiger partial charge in [0, 0.05) is 38.4 Å². The first-order valence-electron chi connectivity index (χ1n) is 23.0. The van der Waals surface area contributed by atoms with Gasteiger partial charge in [0.25, 0.3) is 0 Å². The lowest BCUT2D eigenvalue weighted by Crippen LogP contribution is -2.06.